The molecule has 1 fully saturated rings. The van der Waals surface area contributed by atoms with Crippen molar-refractivity contribution in [2.24, 2.45) is 0 Å². The van der Waals surface area contributed by atoms with Crippen molar-refractivity contribution in [2.45, 2.75) is 24.8 Å². The smallest absolute Gasteiger partial charge is 0.151 e. The van der Waals surface area contributed by atoms with E-state index in [0.717, 1.165) is 64.6 Å². The van der Waals surface area contributed by atoms with Gasteiger partial charge in [-0.25, -0.2) is 4.98 Å². The summed E-state index contributed by atoms with van der Waals surface area (Å²) in [5.41, 5.74) is 6.76. The summed E-state index contributed by atoms with van der Waals surface area (Å²) in [4.78, 5) is 8.32. The molecular formula is C33H30N4O2S. The number of hydrogen-bond acceptors (Lipinski definition) is 6. The Balaban J connectivity index is 1.46. The highest BCUT2D eigenvalue weighted by molar-refractivity contribution is 7.98. The van der Waals surface area contributed by atoms with E-state index < -0.39 is 0 Å². The number of rotatable bonds is 7. The van der Waals surface area contributed by atoms with Crippen molar-refractivity contribution in [3.63, 3.8) is 0 Å². The highest BCUT2D eigenvalue weighted by atomic mass is 32.2. The van der Waals surface area contributed by atoms with Gasteiger partial charge in [-0.05, 0) is 91.0 Å². The van der Waals surface area contributed by atoms with Gasteiger partial charge in [0.15, 0.2) is 5.65 Å². The van der Waals surface area contributed by atoms with E-state index in [1.165, 1.54) is 5.69 Å². The predicted molar refractivity (Wildman–Crippen MR) is 162 cm³/mol. The highest BCUT2D eigenvalue weighted by Gasteiger charge is 2.19. The Labute approximate surface area is 238 Å². The van der Waals surface area contributed by atoms with Crippen LogP contribution in [0.4, 0.5) is 5.69 Å². The van der Waals surface area contributed by atoms with Gasteiger partial charge < -0.3 is 14.4 Å². The Morgan fingerprint density at radius 3 is 2.40 bits per heavy atom. The predicted octanol–water partition coefficient (Wildman–Crippen LogP) is 7.42. The zero-order chi connectivity index (χ0) is 27.5. The lowest BCUT2D eigenvalue weighted by molar-refractivity contribution is 0.122. The maximum Gasteiger partial charge on any atom is 0.151 e. The Bertz CT molecular complexity index is 1670. The number of aromatic nitrogens is 2. The van der Waals surface area contributed by atoms with Crippen LogP contribution in [0.25, 0.3) is 33.4 Å². The van der Waals surface area contributed by atoms with Gasteiger partial charge >= 0.3 is 0 Å². The number of pyridine rings is 1. The minimum atomic E-state index is -0.00758. The monoisotopic (exact) mass is 546 g/mol. The fraction of sp³-hybridized carbons (Fsp3) is 0.212. The van der Waals surface area contributed by atoms with E-state index in [-0.39, 0.29) is 6.10 Å². The summed E-state index contributed by atoms with van der Waals surface area (Å²) in [5.74, 6) is 0.602. The second-order valence-electron chi connectivity index (χ2n) is 9.96. The molecule has 0 amide bonds. The van der Waals surface area contributed by atoms with Crippen LogP contribution < -0.4 is 9.64 Å². The molecule has 0 spiro atoms. The molecule has 3 heterocycles. The standard InChI is InChI=1S/C33H30N4O2S/c1-23(2)39-32-13-10-25(20-26(32)22-34)29-14-15-35-33-30(29)21-31(37(33)40-28-6-4-3-5-7-28)24-8-11-27(12-9-24)36-16-18-38-19-17-36/h3-15,20-21,23H,16-19H2,1-2H3. The first-order valence-corrected chi connectivity index (χ1v) is 14.3. The molecular weight excluding hydrogens is 516 g/mol. The van der Waals surface area contributed by atoms with Gasteiger partial charge in [0.2, 0.25) is 0 Å². The first-order valence-electron chi connectivity index (χ1n) is 13.5. The minimum Gasteiger partial charge on any atom is -0.490 e. The van der Waals surface area contributed by atoms with E-state index in [2.05, 4.69) is 57.4 Å². The maximum absolute atomic E-state index is 9.83. The number of nitrogens with zero attached hydrogens (tertiary/aromatic N) is 4. The Hall–Kier alpha value is -4.25. The molecule has 0 N–H and O–H groups in total. The number of nitriles is 1. The van der Waals surface area contributed by atoms with E-state index in [4.69, 9.17) is 14.5 Å². The molecule has 0 atom stereocenters. The Kier molecular flexibility index (Phi) is 7.45. The highest BCUT2D eigenvalue weighted by Crippen LogP contribution is 2.39. The second-order valence-corrected chi connectivity index (χ2v) is 11.0. The van der Waals surface area contributed by atoms with E-state index in [1.807, 2.05) is 62.5 Å². The molecule has 0 radical (unpaired) electrons. The van der Waals surface area contributed by atoms with Crippen molar-refractivity contribution in [3.05, 3.63) is 96.7 Å². The first-order chi connectivity index (χ1) is 19.6. The lowest BCUT2D eigenvalue weighted by Crippen LogP contribution is -2.36. The van der Waals surface area contributed by atoms with E-state index in [1.54, 1.807) is 11.9 Å². The van der Waals surface area contributed by atoms with Crippen LogP contribution in [0.2, 0.25) is 0 Å². The third-order valence-corrected chi connectivity index (χ3v) is 7.95. The maximum atomic E-state index is 9.83. The lowest BCUT2D eigenvalue weighted by atomic mass is 10.0. The molecule has 0 aliphatic carbocycles. The normalized spacial score (nSPS) is 13.5. The van der Waals surface area contributed by atoms with Crippen LogP contribution >= 0.6 is 11.9 Å². The SMILES string of the molecule is CC(C)Oc1ccc(-c2ccnc3c2cc(-c2ccc(N4CCOCC4)cc2)n3Sc2ccccc2)cc1C#N. The minimum absolute atomic E-state index is 0.00758. The number of ether oxygens (including phenoxy) is 2. The summed E-state index contributed by atoms with van der Waals surface area (Å²) in [5, 5.41) is 10.9. The van der Waals surface area contributed by atoms with Crippen molar-refractivity contribution >= 4 is 28.7 Å². The molecule has 5 aromatic rings. The van der Waals surface area contributed by atoms with E-state index >= 15 is 0 Å². The second kappa shape index (κ2) is 11.5. The van der Waals surface area contributed by atoms with Crippen LogP contribution in [0.5, 0.6) is 5.75 Å². The van der Waals surface area contributed by atoms with Gasteiger partial charge in [-0.3, -0.25) is 3.97 Å². The molecule has 6 rings (SSSR count). The van der Waals surface area contributed by atoms with Gasteiger partial charge in [-0.2, -0.15) is 5.26 Å². The van der Waals surface area contributed by atoms with Crippen LogP contribution in [-0.4, -0.2) is 41.4 Å². The van der Waals surface area contributed by atoms with Crippen LogP contribution in [0, 0.1) is 11.3 Å². The number of benzene rings is 3. The van der Waals surface area contributed by atoms with Crippen molar-refractivity contribution in [1.29, 1.82) is 5.26 Å². The fourth-order valence-corrected chi connectivity index (χ4v) is 5.99. The van der Waals surface area contributed by atoms with Crippen LogP contribution in [0.3, 0.4) is 0 Å². The average Bonchev–Trinajstić information content (AvgIpc) is 3.36. The zero-order valence-electron chi connectivity index (χ0n) is 22.6. The Morgan fingerprint density at radius 2 is 1.68 bits per heavy atom. The molecule has 1 aliphatic rings. The molecule has 7 heteroatoms. The number of morpholine rings is 1. The molecule has 0 saturated carbocycles. The third kappa shape index (κ3) is 5.29. The molecule has 3 aromatic carbocycles. The average molecular weight is 547 g/mol. The van der Waals surface area contributed by atoms with Crippen LogP contribution in [0.15, 0.2) is 96.0 Å². The van der Waals surface area contributed by atoms with Crippen molar-refractivity contribution < 1.29 is 9.47 Å². The lowest BCUT2D eigenvalue weighted by Gasteiger charge is -2.28. The van der Waals surface area contributed by atoms with Crippen LogP contribution in [-0.2, 0) is 4.74 Å². The van der Waals surface area contributed by atoms with Crippen molar-refractivity contribution in [1.82, 2.24) is 8.96 Å². The van der Waals surface area contributed by atoms with E-state index in [9.17, 15) is 5.26 Å². The number of fused-ring (bicyclic) bond motifs is 1. The van der Waals surface area contributed by atoms with Gasteiger partial charge in [-0.15, -0.1) is 0 Å². The van der Waals surface area contributed by atoms with Gasteiger partial charge in [-0.1, -0.05) is 36.4 Å². The first kappa shape index (κ1) is 26.0. The largest absolute Gasteiger partial charge is 0.490 e. The molecule has 2 aromatic heterocycles. The molecule has 40 heavy (non-hydrogen) atoms. The number of anilines is 1. The fourth-order valence-electron chi connectivity index (χ4n) is 5.01. The zero-order valence-corrected chi connectivity index (χ0v) is 23.4. The molecule has 1 aliphatic heterocycles. The molecule has 6 nitrogen and oxygen atoms in total. The van der Waals surface area contributed by atoms with Crippen molar-refractivity contribution in [3.8, 4) is 34.2 Å². The third-order valence-electron chi connectivity index (χ3n) is 6.91. The number of hydrogen-bond donors (Lipinski definition) is 0. The van der Waals surface area contributed by atoms with Gasteiger partial charge in [0, 0.05) is 35.3 Å². The van der Waals surface area contributed by atoms with Gasteiger partial charge in [0.25, 0.3) is 0 Å². The summed E-state index contributed by atoms with van der Waals surface area (Å²) >= 11 is 1.65. The molecule has 0 bridgehead atoms. The molecule has 1 saturated heterocycles. The van der Waals surface area contributed by atoms with E-state index in [0.29, 0.717) is 11.3 Å². The quantitative estimate of drug-likeness (QED) is 0.212. The summed E-state index contributed by atoms with van der Waals surface area (Å²) in [7, 11) is 0. The molecule has 200 valence electrons. The molecule has 0 unspecified atom stereocenters. The summed E-state index contributed by atoms with van der Waals surface area (Å²) in [6, 6.07) is 31.5. The Morgan fingerprint density at radius 1 is 0.925 bits per heavy atom. The summed E-state index contributed by atoms with van der Waals surface area (Å²) in [6.07, 6.45) is 1.84. The van der Waals surface area contributed by atoms with Gasteiger partial charge in [0.05, 0.1) is 30.6 Å². The summed E-state index contributed by atoms with van der Waals surface area (Å²) < 4.78 is 13.6. The van der Waals surface area contributed by atoms with Crippen LogP contribution in [0.1, 0.15) is 19.4 Å². The topological polar surface area (TPSA) is 63.3 Å². The summed E-state index contributed by atoms with van der Waals surface area (Å²) in [6.45, 7) is 7.25. The van der Waals surface area contributed by atoms with Gasteiger partial charge in [0.1, 0.15) is 11.8 Å². The van der Waals surface area contributed by atoms with Crippen molar-refractivity contribution in [2.75, 3.05) is 31.2 Å².